The van der Waals surface area contributed by atoms with Crippen LogP contribution in [-0.4, -0.2) is 41.0 Å². The van der Waals surface area contributed by atoms with Gasteiger partial charge in [-0.1, -0.05) is 6.92 Å². The molecule has 0 aliphatic carbocycles. The number of thiophene rings is 1. The smallest absolute Gasteiger partial charge is 0.224 e. The average Bonchev–Trinajstić information content (AvgIpc) is 3.61. The van der Waals surface area contributed by atoms with Gasteiger partial charge in [0, 0.05) is 24.4 Å². The van der Waals surface area contributed by atoms with Crippen molar-refractivity contribution in [3.63, 3.8) is 0 Å². The fourth-order valence-corrected chi connectivity index (χ4v) is 4.52. The van der Waals surface area contributed by atoms with Gasteiger partial charge in [-0.05, 0) is 36.4 Å². The number of hydrogen-bond acceptors (Lipinski definition) is 7. The molecule has 6 heterocycles. The maximum absolute atomic E-state index is 13.6. The average molecular weight is 485 g/mol. The molecule has 35 heavy (non-hydrogen) atoms. The van der Waals surface area contributed by atoms with Gasteiger partial charge in [0.05, 0.1) is 33.5 Å². The number of carbonyl (C=O) groups excluding carboxylic acids is 1. The Balaban J connectivity index is 1.43. The summed E-state index contributed by atoms with van der Waals surface area (Å²) in [6.45, 7) is 1.79. The zero-order valence-corrected chi connectivity index (χ0v) is 19.2. The molecule has 0 radical (unpaired) electrons. The van der Waals surface area contributed by atoms with E-state index < -0.39 is 0 Å². The van der Waals surface area contributed by atoms with E-state index in [0.717, 1.165) is 27.9 Å². The number of amides is 1. The number of aromatic amines is 2. The van der Waals surface area contributed by atoms with Crippen molar-refractivity contribution >= 4 is 45.0 Å². The van der Waals surface area contributed by atoms with Crippen LogP contribution >= 0.6 is 11.3 Å². The van der Waals surface area contributed by atoms with Gasteiger partial charge in [-0.25, -0.2) is 9.97 Å². The molecule has 3 N–H and O–H groups in total. The SMILES string of the molecule is CCC(=O)Nc1cncc(-c2ccc3[nH]nc(-c4nc5c(-c6ccc(F)s6)nccc5[nH]4)c3n2)c1. The summed E-state index contributed by atoms with van der Waals surface area (Å²) in [6, 6.07) is 10.5. The molecular weight excluding hydrogens is 467 g/mol. The van der Waals surface area contributed by atoms with Crippen LogP contribution < -0.4 is 5.32 Å². The summed E-state index contributed by atoms with van der Waals surface area (Å²) in [5.74, 6) is 0.428. The van der Waals surface area contributed by atoms with Crippen molar-refractivity contribution in [3.05, 3.63) is 60.1 Å². The molecule has 0 fully saturated rings. The maximum Gasteiger partial charge on any atom is 0.224 e. The van der Waals surface area contributed by atoms with Crippen molar-refractivity contribution in [1.82, 2.24) is 35.1 Å². The predicted octanol–water partition coefficient (Wildman–Crippen LogP) is 5.17. The molecule has 1 amide bonds. The monoisotopic (exact) mass is 484 g/mol. The van der Waals surface area contributed by atoms with E-state index in [1.165, 1.54) is 6.07 Å². The Morgan fingerprint density at radius 3 is 2.77 bits per heavy atom. The number of rotatable bonds is 5. The van der Waals surface area contributed by atoms with Crippen LogP contribution in [0, 0.1) is 5.13 Å². The Labute approximate surface area is 201 Å². The Morgan fingerprint density at radius 1 is 1.06 bits per heavy atom. The Bertz CT molecular complexity index is 1720. The molecule has 0 saturated heterocycles. The molecule has 0 saturated carbocycles. The first kappa shape index (κ1) is 21.1. The molecule has 9 nitrogen and oxygen atoms in total. The van der Waals surface area contributed by atoms with Gasteiger partial charge in [0.25, 0.3) is 0 Å². The molecule has 0 atom stereocenters. The lowest BCUT2D eigenvalue weighted by molar-refractivity contribution is -0.115. The Kier molecular flexibility index (Phi) is 5.03. The molecular formula is C24H17FN8OS. The van der Waals surface area contributed by atoms with E-state index in [2.05, 4.69) is 30.5 Å². The third kappa shape index (κ3) is 3.81. The predicted molar refractivity (Wildman–Crippen MR) is 132 cm³/mol. The van der Waals surface area contributed by atoms with E-state index >= 15 is 0 Å². The highest BCUT2D eigenvalue weighted by molar-refractivity contribution is 7.13. The van der Waals surface area contributed by atoms with E-state index in [0.29, 0.717) is 50.9 Å². The number of nitrogens with one attached hydrogen (secondary N) is 3. The molecule has 6 aromatic heterocycles. The quantitative estimate of drug-likeness (QED) is 0.310. The van der Waals surface area contributed by atoms with Crippen molar-refractivity contribution in [3.8, 4) is 33.3 Å². The molecule has 6 aromatic rings. The summed E-state index contributed by atoms with van der Waals surface area (Å²) in [5, 5.41) is 9.97. The van der Waals surface area contributed by atoms with Gasteiger partial charge in [-0.3, -0.25) is 19.9 Å². The van der Waals surface area contributed by atoms with Crippen molar-refractivity contribution < 1.29 is 9.18 Å². The van der Waals surface area contributed by atoms with Crippen molar-refractivity contribution in [1.29, 1.82) is 0 Å². The lowest BCUT2D eigenvalue weighted by atomic mass is 10.1. The number of aromatic nitrogens is 7. The van der Waals surface area contributed by atoms with Crippen LogP contribution in [0.3, 0.4) is 0 Å². The van der Waals surface area contributed by atoms with Gasteiger partial charge in [0.1, 0.15) is 16.7 Å². The van der Waals surface area contributed by atoms with Crippen LogP contribution in [0.5, 0.6) is 0 Å². The van der Waals surface area contributed by atoms with Crippen LogP contribution in [0.25, 0.3) is 55.4 Å². The number of imidazole rings is 1. The Hall–Kier alpha value is -4.51. The van der Waals surface area contributed by atoms with E-state index in [-0.39, 0.29) is 11.0 Å². The van der Waals surface area contributed by atoms with Crippen molar-refractivity contribution in [2.24, 2.45) is 0 Å². The molecule has 0 aliphatic rings. The third-order valence-electron chi connectivity index (χ3n) is 5.48. The number of pyridine rings is 3. The zero-order valence-electron chi connectivity index (χ0n) is 18.3. The van der Waals surface area contributed by atoms with Gasteiger partial charge < -0.3 is 10.3 Å². The molecule has 0 aromatic carbocycles. The fourth-order valence-electron chi connectivity index (χ4n) is 3.79. The molecule has 11 heteroatoms. The molecule has 0 aliphatic heterocycles. The summed E-state index contributed by atoms with van der Waals surface area (Å²) >= 11 is 1.02. The molecule has 172 valence electrons. The van der Waals surface area contributed by atoms with Gasteiger partial charge in [0.15, 0.2) is 16.6 Å². The van der Waals surface area contributed by atoms with Crippen molar-refractivity contribution in [2.45, 2.75) is 13.3 Å². The first-order valence-corrected chi connectivity index (χ1v) is 11.6. The minimum atomic E-state index is -0.280. The van der Waals surface area contributed by atoms with Gasteiger partial charge in [-0.2, -0.15) is 9.49 Å². The second-order valence-electron chi connectivity index (χ2n) is 7.77. The first-order chi connectivity index (χ1) is 17.1. The van der Waals surface area contributed by atoms with Gasteiger partial charge in [0.2, 0.25) is 5.91 Å². The minimum Gasteiger partial charge on any atom is -0.336 e. The maximum atomic E-state index is 13.6. The summed E-state index contributed by atoms with van der Waals surface area (Å²) in [5.41, 5.74) is 5.93. The van der Waals surface area contributed by atoms with E-state index in [1.807, 2.05) is 24.3 Å². The topological polar surface area (TPSA) is 125 Å². The lowest BCUT2D eigenvalue weighted by Gasteiger charge is -2.06. The van der Waals surface area contributed by atoms with Crippen LogP contribution in [0.1, 0.15) is 13.3 Å². The number of fused-ring (bicyclic) bond motifs is 2. The number of H-pyrrole nitrogens is 2. The van der Waals surface area contributed by atoms with E-state index in [9.17, 15) is 9.18 Å². The summed E-state index contributed by atoms with van der Waals surface area (Å²) in [4.78, 5) is 33.9. The van der Waals surface area contributed by atoms with Gasteiger partial charge in [-0.15, -0.1) is 11.3 Å². The second kappa shape index (κ2) is 8.37. The van der Waals surface area contributed by atoms with Crippen LogP contribution in [0.4, 0.5) is 10.1 Å². The number of hydrogen-bond donors (Lipinski definition) is 3. The summed E-state index contributed by atoms with van der Waals surface area (Å²) < 4.78 is 13.6. The number of nitrogens with zero attached hydrogens (tertiary/aromatic N) is 5. The molecule has 0 spiro atoms. The fraction of sp³-hybridized carbons (Fsp3) is 0.0833. The lowest BCUT2D eigenvalue weighted by Crippen LogP contribution is -2.09. The normalized spacial score (nSPS) is 11.4. The molecule has 6 rings (SSSR count). The van der Waals surface area contributed by atoms with Crippen molar-refractivity contribution in [2.75, 3.05) is 5.32 Å². The second-order valence-corrected chi connectivity index (χ2v) is 8.81. The summed E-state index contributed by atoms with van der Waals surface area (Å²) in [7, 11) is 0. The first-order valence-electron chi connectivity index (χ1n) is 10.8. The number of halogens is 1. The Morgan fingerprint density at radius 2 is 1.94 bits per heavy atom. The highest BCUT2D eigenvalue weighted by Gasteiger charge is 2.18. The van der Waals surface area contributed by atoms with Crippen LogP contribution in [0.15, 0.2) is 55.0 Å². The third-order valence-corrected chi connectivity index (χ3v) is 6.36. The number of anilines is 1. The molecule has 0 bridgehead atoms. The number of carbonyl (C=O) groups is 1. The van der Waals surface area contributed by atoms with Gasteiger partial charge >= 0.3 is 0 Å². The minimum absolute atomic E-state index is 0.0893. The zero-order chi connectivity index (χ0) is 23.9. The highest BCUT2D eigenvalue weighted by atomic mass is 32.1. The van der Waals surface area contributed by atoms with Crippen LogP contribution in [0.2, 0.25) is 0 Å². The van der Waals surface area contributed by atoms with E-state index in [4.69, 9.17) is 9.97 Å². The largest absolute Gasteiger partial charge is 0.336 e. The molecule has 0 unspecified atom stereocenters. The summed E-state index contributed by atoms with van der Waals surface area (Å²) in [6.07, 6.45) is 5.32. The van der Waals surface area contributed by atoms with Crippen LogP contribution in [-0.2, 0) is 4.79 Å². The standard InChI is InChI=1S/C24H17FN8OS/c1-2-19(34)28-13-9-12(10-26-11-13)14-3-4-16-21(29-14)23(33-32-16)24-30-15-7-8-27-22(20(15)31-24)17-5-6-18(25)35-17/h3-11H,2H2,1H3,(H,28,34)(H,30,31)(H,32,33). The van der Waals surface area contributed by atoms with E-state index in [1.54, 1.807) is 31.6 Å². The highest BCUT2D eigenvalue weighted by Crippen LogP contribution is 2.33.